The summed E-state index contributed by atoms with van der Waals surface area (Å²) in [6.45, 7) is 5.38. The van der Waals surface area contributed by atoms with Crippen LogP contribution in [0.1, 0.15) is 52.0 Å². The summed E-state index contributed by atoms with van der Waals surface area (Å²) in [6.07, 6.45) is 4.26. The highest BCUT2D eigenvalue weighted by molar-refractivity contribution is 7.92. The molecule has 1 saturated heterocycles. The van der Waals surface area contributed by atoms with E-state index in [0.717, 1.165) is 11.8 Å². The average Bonchev–Trinajstić information content (AvgIpc) is 2.79. The van der Waals surface area contributed by atoms with Crippen LogP contribution in [0.15, 0.2) is 36.4 Å². The van der Waals surface area contributed by atoms with E-state index in [0.29, 0.717) is 6.42 Å². The molecule has 1 aliphatic heterocycles. The van der Waals surface area contributed by atoms with E-state index in [1.807, 2.05) is 54.8 Å². The zero-order valence-electron chi connectivity index (χ0n) is 19.6. The summed E-state index contributed by atoms with van der Waals surface area (Å²) in [5.74, 6) is 3.17. The number of rotatable bonds is 11. The van der Waals surface area contributed by atoms with E-state index in [4.69, 9.17) is 10.6 Å². The van der Waals surface area contributed by atoms with Crippen molar-refractivity contribution in [3.8, 4) is 0 Å². The summed E-state index contributed by atoms with van der Waals surface area (Å²) < 4.78 is 29.9. The second kappa shape index (κ2) is 10.8. The van der Waals surface area contributed by atoms with E-state index in [-0.39, 0.29) is 19.3 Å². The van der Waals surface area contributed by atoms with Crippen LogP contribution in [0.4, 0.5) is 0 Å². The summed E-state index contributed by atoms with van der Waals surface area (Å²) in [6, 6.07) is 9.52. The maximum Gasteiger partial charge on any atom is 0.255 e. The molecular weight excluding hydrogens is 446 g/mol. The summed E-state index contributed by atoms with van der Waals surface area (Å²) in [7, 11) is -3.87. The van der Waals surface area contributed by atoms with Gasteiger partial charge in [0.2, 0.25) is 5.91 Å². The molecule has 5 N–H and O–H groups in total. The van der Waals surface area contributed by atoms with Gasteiger partial charge in [0.1, 0.15) is 0 Å². The van der Waals surface area contributed by atoms with Gasteiger partial charge >= 0.3 is 0 Å². The van der Waals surface area contributed by atoms with Crippen LogP contribution in [0.25, 0.3) is 6.08 Å². The summed E-state index contributed by atoms with van der Waals surface area (Å²) in [5, 5.41) is 9.34. The summed E-state index contributed by atoms with van der Waals surface area (Å²) in [4.78, 5) is 25.4. The maximum atomic E-state index is 12.9. The van der Waals surface area contributed by atoms with Gasteiger partial charge in [-0.3, -0.25) is 20.2 Å². The fourth-order valence-electron chi connectivity index (χ4n) is 4.77. The monoisotopic (exact) mass is 481 g/mol. The molecule has 0 saturated carbocycles. The zero-order chi connectivity index (χ0) is 24.9. The molecule has 184 valence electrons. The van der Waals surface area contributed by atoms with Gasteiger partial charge in [-0.15, -0.1) is 0 Å². The lowest BCUT2D eigenvalue weighted by Gasteiger charge is -2.57. The molecule has 1 fully saturated rings. The molecule has 9 nitrogen and oxygen atoms in total. The van der Waals surface area contributed by atoms with Crippen LogP contribution in [0.5, 0.6) is 0 Å². The molecule has 0 bridgehead atoms. The van der Waals surface area contributed by atoms with Crippen molar-refractivity contribution in [2.45, 2.75) is 63.4 Å². The molecule has 0 aliphatic carbocycles. The third-order valence-corrected chi connectivity index (χ3v) is 8.77. The minimum Gasteiger partial charge on any atom is -0.373 e. The molecule has 2 rings (SSSR count). The Morgan fingerprint density at radius 1 is 1.33 bits per heavy atom. The second-order valence-electron chi connectivity index (χ2n) is 9.00. The molecule has 2 amide bonds. The average molecular weight is 482 g/mol. The highest BCUT2D eigenvalue weighted by Crippen LogP contribution is 2.52. The number of sulfone groups is 1. The van der Waals surface area contributed by atoms with Gasteiger partial charge in [-0.2, -0.15) is 0 Å². The van der Waals surface area contributed by atoms with Crippen LogP contribution in [0.3, 0.4) is 0 Å². The minimum atomic E-state index is -3.87. The van der Waals surface area contributed by atoms with Crippen LogP contribution in [-0.2, 0) is 24.2 Å². The fourth-order valence-corrected chi connectivity index (χ4v) is 6.32. The number of hydroxylamine groups is 1. The Kier molecular flexibility index (Phi) is 8.81. The lowest BCUT2D eigenvalue weighted by molar-refractivity contribution is -0.258. The smallest absolute Gasteiger partial charge is 0.255 e. The van der Waals surface area contributed by atoms with Crippen LogP contribution < -0.4 is 16.7 Å². The number of carbonyl (C=O) groups excluding carboxylic acids is 2. The van der Waals surface area contributed by atoms with E-state index >= 15 is 0 Å². The molecular formula is C23H35N3O6S. The number of nitrogens with one attached hydrogen (secondary N) is 2. The molecule has 0 aromatic heterocycles. The first-order chi connectivity index (χ1) is 15.5. The van der Waals surface area contributed by atoms with Gasteiger partial charge in [-0.25, -0.2) is 19.7 Å². The second-order valence-corrected chi connectivity index (χ2v) is 11.3. The van der Waals surface area contributed by atoms with E-state index in [1.54, 1.807) is 19.3 Å². The van der Waals surface area contributed by atoms with E-state index in [9.17, 15) is 23.2 Å². The van der Waals surface area contributed by atoms with Crippen LogP contribution >= 0.6 is 0 Å². The number of carbonyl (C=O) groups is 2. The van der Waals surface area contributed by atoms with Crippen molar-refractivity contribution in [2.24, 2.45) is 17.2 Å². The summed E-state index contributed by atoms with van der Waals surface area (Å²) in [5.41, 5.74) is 3.83. The number of allylic oxidation sites excluding steroid dienone is 1. The van der Waals surface area contributed by atoms with Crippen molar-refractivity contribution >= 4 is 27.7 Å². The standard InChI is InChI=1S/C23H35N3O6S/c1-5-14-23(21(28)25-24,33(4,30)31)15-22(3)16(2)32-19(22)18(20(27)26-29)13-9-12-17-10-7-6-8-11-17/h6-12,16,18-19,29H,5,13-15,24H2,1-4H3,(H,25,28)(H,26,27)/b12-9+/t16?,18-,19+,22?,23?/m0/s1. The number of benzene rings is 1. The lowest BCUT2D eigenvalue weighted by atomic mass is 9.63. The number of hydrazine groups is 1. The molecule has 1 aromatic carbocycles. The highest BCUT2D eigenvalue weighted by Gasteiger charge is 2.62. The molecule has 1 heterocycles. The van der Waals surface area contributed by atoms with Crippen LogP contribution in [0.2, 0.25) is 0 Å². The molecule has 10 heteroatoms. The Labute approximate surface area is 195 Å². The number of ether oxygens (including phenoxy) is 1. The van der Waals surface area contributed by atoms with Crippen molar-refractivity contribution in [2.75, 3.05) is 6.26 Å². The van der Waals surface area contributed by atoms with Crippen molar-refractivity contribution in [1.82, 2.24) is 10.9 Å². The first-order valence-electron chi connectivity index (χ1n) is 11.0. The molecule has 3 unspecified atom stereocenters. The van der Waals surface area contributed by atoms with Gasteiger partial charge in [0.25, 0.3) is 5.91 Å². The van der Waals surface area contributed by atoms with Gasteiger partial charge in [0.05, 0.1) is 18.1 Å². The minimum absolute atomic E-state index is 0.0703. The van der Waals surface area contributed by atoms with Crippen molar-refractivity contribution in [1.29, 1.82) is 0 Å². The van der Waals surface area contributed by atoms with Gasteiger partial charge in [0.15, 0.2) is 14.6 Å². The van der Waals surface area contributed by atoms with E-state index < -0.39 is 49.9 Å². The topological polar surface area (TPSA) is 148 Å². The van der Waals surface area contributed by atoms with Crippen molar-refractivity contribution in [3.05, 3.63) is 42.0 Å². The molecule has 33 heavy (non-hydrogen) atoms. The first-order valence-corrected chi connectivity index (χ1v) is 12.9. The number of hydrogen-bond acceptors (Lipinski definition) is 7. The van der Waals surface area contributed by atoms with E-state index in [2.05, 4.69) is 0 Å². The first kappa shape index (κ1) is 27.0. The van der Waals surface area contributed by atoms with Gasteiger partial charge in [0, 0.05) is 11.7 Å². The lowest BCUT2D eigenvalue weighted by Crippen LogP contribution is -2.67. The largest absolute Gasteiger partial charge is 0.373 e. The maximum absolute atomic E-state index is 12.9. The van der Waals surface area contributed by atoms with Gasteiger partial charge in [-0.1, -0.05) is 62.8 Å². The van der Waals surface area contributed by atoms with Crippen molar-refractivity contribution < 1.29 is 28.0 Å². The van der Waals surface area contributed by atoms with Gasteiger partial charge in [-0.05, 0) is 31.7 Å². The number of nitrogens with two attached hydrogens (primary N) is 1. The Hall–Kier alpha value is -2.27. The van der Waals surface area contributed by atoms with Crippen molar-refractivity contribution in [3.63, 3.8) is 0 Å². The molecule has 1 aromatic rings. The summed E-state index contributed by atoms with van der Waals surface area (Å²) >= 11 is 0. The normalized spacial score (nSPS) is 25.6. The van der Waals surface area contributed by atoms with Crippen LogP contribution in [0, 0.1) is 11.3 Å². The third kappa shape index (κ3) is 5.46. The highest BCUT2D eigenvalue weighted by atomic mass is 32.2. The molecule has 0 radical (unpaired) electrons. The number of amides is 2. The molecule has 5 atom stereocenters. The Balaban J connectivity index is 2.40. The Morgan fingerprint density at radius 3 is 2.45 bits per heavy atom. The molecule has 1 aliphatic rings. The quantitative estimate of drug-likeness (QED) is 0.163. The van der Waals surface area contributed by atoms with E-state index in [1.165, 1.54) is 0 Å². The molecule has 0 spiro atoms. The SMILES string of the molecule is CCCC(CC1(C)C(C)O[C@@H]1[C@H](C/C=C/c1ccccc1)C(=O)NO)(C(=O)NN)S(C)(=O)=O. The zero-order valence-corrected chi connectivity index (χ0v) is 20.4. The fraction of sp³-hybridized carbons (Fsp3) is 0.565. The Morgan fingerprint density at radius 2 is 1.97 bits per heavy atom. The number of hydrogen-bond donors (Lipinski definition) is 4. The Bertz CT molecular complexity index is 968. The third-order valence-electron chi connectivity index (χ3n) is 6.82. The predicted molar refractivity (Wildman–Crippen MR) is 125 cm³/mol. The predicted octanol–water partition coefficient (Wildman–Crippen LogP) is 1.97. The van der Waals surface area contributed by atoms with Gasteiger partial charge < -0.3 is 4.74 Å². The van der Waals surface area contributed by atoms with Crippen LogP contribution in [-0.4, -0.2) is 48.7 Å².